The van der Waals surface area contributed by atoms with Gasteiger partial charge in [0.2, 0.25) is 10.0 Å². The van der Waals surface area contributed by atoms with Gasteiger partial charge in [-0.1, -0.05) is 19.1 Å². The van der Waals surface area contributed by atoms with Crippen LogP contribution >= 0.6 is 0 Å². The third kappa shape index (κ3) is 4.78. The summed E-state index contributed by atoms with van der Waals surface area (Å²) >= 11 is 0. The molecule has 2 rings (SSSR count). The van der Waals surface area contributed by atoms with Crippen molar-refractivity contribution >= 4 is 15.7 Å². The van der Waals surface area contributed by atoms with Gasteiger partial charge in [-0.15, -0.1) is 0 Å². The summed E-state index contributed by atoms with van der Waals surface area (Å²) in [5, 5.41) is 0. The maximum atomic E-state index is 13.0. The fraction of sp³-hybridized carbons (Fsp3) is 0.286. The monoisotopic (exact) mass is 309 g/mol. The van der Waals surface area contributed by atoms with Crippen LogP contribution in [0.2, 0.25) is 0 Å². The molecule has 0 aliphatic rings. The van der Waals surface area contributed by atoms with Gasteiger partial charge in [-0.25, -0.2) is 22.8 Å². The lowest BCUT2D eigenvalue weighted by Gasteiger charge is -2.08. The predicted molar refractivity (Wildman–Crippen MR) is 78.9 cm³/mol. The first-order valence-corrected chi connectivity index (χ1v) is 8.19. The van der Waals surface area contributed by atoms with Crippen LogP contribution < -0.4 is 4.72 Å². The van der Waals surface area contributed by atoms with Crippen LogP contribution in [0.5, 0.6) is 0 Å². The third-order valence-electron chi connectivity index (χ3n) is 2.84. The number of rotatable bonds is 6. The number of aromatic nitrogens is 2. The van der Waals surface area contributed by atoms with Gasteiger partial charge in [0, 0.05) is 6.42 Å². The summed E-state index contributed by atoms with van der Waals surface area (Å²) < 4.78 is 39.3. The molecule has 1 heterocycles. The first kappa shape index (κ1) is 15.4. The molecule has 21 heavy (non-hydrogen) atoms. The van der Waals surface area contributed by atoms with Gasteiger partial charge in [-0.05, 0) is 24.1 Å². The van der Waals surface area contributed by atoms with Gasteiger partial charge in [0.05, 0.1) is 23.8 Å². The Bertz CT molecular complexity index is 702. The summed E-state index contributed by atoms with van der Waals surface area (Å²) in [7, 11) is -3.52. The molecule has 0 radical (unpaired) electrons. The topological polar surface area (TPSA) is 72.0 Å². The highest BCUT2D eigenvalue weighted by Crippen LogP contribution is 2.09. The van der Waals surface area contributed by atoms with Crippen molar-refractivity contribution in [3.05, 3.63) is 53.9 Å². The largest absolute Gasteiger partial charge is 0.280 e. The van der Waals surface area contributed by atoms with E-state index < -0.39 is 10.0 Å². The molecule has 7 heteroatoms. The molecular weight excluding hydrogens is 293 g/mol. The van der Waals surface area contributed by atoms with E-state index >= 15 is 0 Å². The molecule has 0 spiro atoms. The highest BCUT2D eigenvalue weighted by Gasteiger charge is 2.11. The van der Waals surface area contributed by atoms with Gasteiger partial charge < -0.3 is 0 Å². The number of nitrogens with zero attached hydrogens (tertiary/aromatic N) is 2. The first-order chi connectivity index (χ1) is 9.98. The zero-order valence-electron chi connectivity index (χ0n) is 11.6. The van der Waals surface area contributed by atoms with Crippen LogP contribution in [0, 0.1) is 5.82 Å². The Kier molecular flexibility index (Phi) is 4.85. The molecule has 2 aromatic rings. The second-order valence-electron chi connectivity index (χ2n) is 4.54. The number of sulfonamides is 1. The average molecular weight is 309 g/mol. The lowest BCUT2D eigenvalue weighted by atomic mass is 10.2. The molecule has 0 atom stereocenters. The van der Waals surface area contributed by atoms with E-state index in [0.29, 0.717) is 23.5 Å². The number of aryl methyl sites for hydroxylation is 2. The minimum atomic E-state index is -3.52. The van der Waals surface area contributed by atoms with E-state index in [1.165, 1.54) is 24.5 Å². The molecule has 0 fully saturated rings. The Morgan fingerprint density at radius 3 is 2.57 bits per heavy atom. The van der Waals surface area contributed by atoms with Gasteiger partial charge in [-0.3, -0.25) is 4.72 Å². The molecule has 0 aliphatic carbocycles. The lowest BCUT2D eigenvalue weighted by Crippen LogP contribution is -2.18. The van der Waals surface area contributed by atoms with Crippen molar-refractivity contribution in [1.29, 1.82) is 0 Å². The summed E-state index contributed by atoms with van der Waals surface area (Å²) in [6.45, 7) is 1.91. The maximum absolute atomic E-state index is 13.0. The molecule has 5 nitrogen and oxygen atoms in total. The van der Waals surface area contributed by atoms with Crippen molar-refractivity contribution in [2.75, 3.05) is 10.5 Å². The molecule has 0 aliphatic heterocycles. The number of benzene rings is 1. The van der Waals surface area contributed by atoms with Crippen molar-refractivity contribution in [2.24, 2.45) is 0 Å². The van der Waals surface area contributed by atoms with Crippen LogP contribution in [0.4, 0.5) is 10.1 Å². The molecule has 0 unspecified atom stereocenters. The van der Waals surface area contributed by atoms with Crippen molar-refractivity contribution in [3.8, 4) is 0 Å². The van der Waals surface area contributed by atoms with Crippen LogP contribution in [-0.4, -0.2) is 24.1 Å². The first-order valence-electron chi connectivity index (χ1n) is 6.54. The van der Waals surface area contributed by atoms with E-state index in [4.69, 9.17) is 0 Å². The normalized spacial score (nSPS) is 11.3. The molecule has 0 saturated carbocycles. The fourth-order valence-corrected chi connectivity index (χ4v) is 2.84. The molecule has 0 saturated heterocycles. The van der Waals surface area contributed by atoms with E-state index in [1.807, 2.05) is 6.92 Å². The smallest absolute Gasteiger partial charge is 0.233 e. The Morgan fingerprint density at radius 1 is 1.24 bits per heavy atom. The van der Waals surface area contributed by atoms with Crippen LogP contribution in [0.15, 0.2) is 36.7 Å². The summed E-state index contributed by atoms with van der Waals surface area (Å²) in [5.74, 6) is 0.144. The Hall–Kier alpha value is -2.02. The van der Waals surface area contributed by atoms with Gasteiger partial charge >= 0.3 is 0 Å². The van der Waals surface area contributed by atoms with Crippen molar-refractivity contribution in [2.45, 2.75) is 19.8 Å². The summed E-state index contributed by atoms with van der Waals surface area (Å²) in [5.41, 5.74) is 0.962. The van der Waals surface area contributed by atoms with E-state index in [2.05, 4.69) is 14.7 Å². The van der Waals surface area contributed by atoms with Crippen LogP contribution in [-0.2, 0) is 22.9 Å². The Labute approximate surface area is 123 Å². The van der Waals surface area contributed by atoms with Gasteiger partial charge in [0.1, 0.15) is 11.6 Å². The highest BCUT2D eigenvalue weighted by molar-refractivity contribution is 7.92. The van der Waals surface area contributed by atoms with Gasteiger partial charge in [-0.2, -0.15) is 0 Å². The summed E-state index contributed by atoms with van der Waals surface area (Å²) in [6.07, 6.45) is 3.80. The number of anilines is 1. The van der Waals surface area contributed by atoms with Crippen LogP contribution in [0.25, 0.3) is 0 Å². The highest BCUT2D eigenvalue weighted by atomic mass is 32.2. The fourth-order valence-electron chi connectivity index (χ4n) is 1.77. The van der Waals surface area contributed by atoms with Gasteiger partial charge in [0.15, 0.2) is 0 Å². The number of hydrogen-bond donors (Lipinski definition) is 1. The minimum absolute atomic E-state index is 0.133. The summed E-state index contributed by atoms with van der Waals surface area (Å²) in [6, 6.07) is 5.90. The minimum Gasteiger partial charge on any atom is -0.280 e. The number of halogens is 1. The van der Waals surface area contributed by atoms with Crippen molar-refractivity contribution in [1.82, 2.24) is 9.97 Å². The molecular formula is C14H16FN3O2S. The second-order valence-corrected chi connectivity index (χ2v) is 6.38. The quantitative estimate of drug-likeness (QED) is 0.887. The zero-order chi connectivity index (χ0) is 15.3. The summed E-state index contributed by atoms with van der Waals surface area (Å²) in [4.78, 5) is 8.05. The lowest BCUT2D eigenvalue weighted by molar-refractivity contribution is 0.599. The molecule has 0 bridgehead atoms. The third-order valence-corrected chi connectivity index (χ3v) is 4.13. The SMILES string of the molecule is CCc1ncc(NS(=O)(=O)CCc2cccc(F)c2)cn1. The van der Waals surface area contributed by atoms with E-state index in [9.17, 15) is 12.8 Å². The van der Waals surface area contributed by atoms with E-state index in [-0.39, 0.29) is 18.0 Å². The molecule has 1 aromatic heterocycles. The number of hydrogen-bond acceptors (Lipinski definition) is 4. The van der Waals surface area contributed by atoms with E-state index in [0.717, 1.165) is 0 Å². The molecule has 0 amide bonds. The standard InChI is InChI=1S/C14H16FN3O2S/c1-2-14-16-9-13(10-17-14)18-21(19,20)7-6-11-4-3-5-12(15)8-11/h3-5,8-10,18H,2,6-7H2,1H3. The van der Waals surface area contributed by atoms with Crippen molar-refractivity contribution < 1.29 is 12.8 Å². The average Bonchev–Trinajstić information content (AvgIpc) is 2.46. The van der Waals surface area contributed by atoms with E-state index in [1.54, 1.807) is 12.1 Å². The molecule has 1 aromatic carbocycles. The maximum Gasteiger partial charge on any atom is 0.233 e. The Balaban J connectivity index is 1.98. The van der Waals surface area contributed by atoms with Gasteiger partial charge in [0.25, 0.3) is 0 Å². The zero-order valence-corrected chi connectivity index (χ0v) is 12.4. The number of nitrogens with one attached hydrogen (secondary N) is 1. The second kappa shape index (κ2) is 6.62. The Morgan fingerprint density at radius 2 is 1.95 bits per heavy atom. The van der Waals surface area contributed by atoms with Crippen molar-refractivity contribution in [3.63, 3.8) is 0 Å². The molecule has 1 N–H and O–H groups in total. The molecule has 112 valence electrons. The van der Waals surface area contributed by atoms with Crippen LogP contribution in [0.3, 0.4) is 0 Å². The predicted octanol–water partition coefficient (Wildman–Crippen LogP) is 2.16. The van der Waals surface area contributed by atoms with Crippen LogP contribution in [0.1, 0.15) is 18.3 Å².